The van der Waals surface area contributed by atoms with Crippen LogP contribution in [0.15, 0.2) is 18.2 Å². The van der Waals surface area contributed by atoms with Crippen molar-refractivity contribution >= 4 is 34.0 Å². The molecule has 72 valence electrons. The lowest BCUT2D eigenvalue weighted by atomic mass is 9.79. The third-order valence-electron chi connectivity index (χ3n) is 2.20. The largest absolute Gasteiger partial charge is 0.500 e. The molecule has 0 saturated carbocycles. The van der Waals surface area contributed by atoms with Crippen molar-refractivity contribution in [3.63, 3.8) is 0 Å². The average Bonchev–Trinajstić information content (AvgIpc) is 2.42. The van der Waals surface area contributed by atoms with Crippen LogP contribution >= 0.6 is 11.3 Å². The van der Waals surface area contributed by atoms with Crippen LogP contribution in [0.1, 0.15) is 5.56 Å². The highest BCUT2D eigenvalue weighted by atomic mass is 32.1. The van der Waals surface area contributed by atoms with E-state index in [0.29, 0.717) is 0 Å². The van der Waals surface area contributed by atoms with Gasteiger partial charge in [-0.3, -0.25) is 0 Å². The van der Waals surface area contributed by atoms with Crippen LogP contribution in [0.25, 0.3) is 10.1 Å². The van der Waals surface area contributed by atoms with E-state index in [1.807, 2.05) is 25.1 Å². The number of benzene rings is 1. The lowest BCUT2D eigenvalue weighted by molar-refractivity contribution is 0.422. The average molecular weight is 208 g/mol. The Morgan fingerprint density at radius 2 is 2.00 bits per heavy atom. The molecule has 0 aliphatic rings. The first-order chi connectivity index (χ1) is 6.61. The van der Waals surface area contributed by atoms with Crippen LogP contribution in [0.2, 0.25) is 0 Å². The van der Waals surface area contributed by atoms with Gasteiger partial charge in [-0.2, -0.15) is 0 Å². The number of aryl methyl sites for hydroxylation is 1. The maximum Gasteiger partial charge on any atom is 0.493 e. The van der Waals surface area contributed by atoms with Crippen LogP contribution in [0.3, 0.4) is 0 Å². The molecule has 5 heteroatoms. The Morgan fingerprint density at radius 3 is 2.64 bits per heavy atom. The summed E-state index contributed by atoms with van der Waals surface area (Å²) < 4.78 is 0.866. The third-order valence-corrected chi connectivity index (χ3v) is 3.17. The quantitative estimate of drug-likeness (QED) is 0.601. The summed E-state index contributed by atoms with van der Waals surface area (Å²) in [6.45, 7) is 1.88. The van der Waals surface area contributed by atoms with Gasteiger partial charge in [0.15, 0.2) is 5.06 Å². The number of aromatic hydroxyl groups is 1. The Labute approximate surface area is 85.4 Å². The van der Waals surface area contributed by atoms with Crippen molar-refractivity contribution in [3.05, 3.63) is 23.8 Å². The summed E-state index contributed by atoms with van der Waals surface area (Å²) in [7, 11) is -1.62. The Bertz CT molecular complexity index is 478. The van der Waals surface area contributed by atoms with Crippen molar-refractivity contribution in [1.82, 2.24) is 0 Å². The molecule has 3 nitrogen and oxygen atoms in total. The van der Waals surface area contributed by atoms with Crippen molar-refractivity contribution in [3.8, 4) is 5.06 Å². The summed E-state index contributed by atoms with van der Waals surface area (Å²) in [6, 6.07) is 5.60. The SMILES string of the molecule is Cc1cccc2sc(O)c(B(O)O)c12. The summed E-state index contributed by atoms with van der Waals surface area (Å²) in [5.41, 5.74) is 1.14. The predicted octanol–water partition coefficient (Wildman–Crippen LogP) is 0.595. The first kappa shape index (κ1) is 9.52. The van der Waals surface area contributed by atoms with Gasteiger partial charge in [-0.25, -0.2) is 0 Å². The van der Waals surface area contributed by atoms with E-state index in [9.17, 15) is 5.11 Å². The van der Waals surface area contributed by atoms with Crippen LogP contribution in [0.4, 0.5) is 0 Å². The molecule has 1 aromatic carbocycles. The molecule has 3 N–H and O–H groups in total. The molecule has 0 saturated heterocycles. The summed E-state index contributed by atoms with van der Waals surface area (Å²) in [5.74, 6) is 0. The number of rotatable bonds is 1. The Kier molecular flexibility index (Phi) is 2.22. The van der Waals surface area contributed by atoms with Crippen LogP contribution in [-0.4, -0.2) is 22.3 Å². The van der Waals surface area contributed by atoms with Crippen molar-refractivity contribution in [2.75, 3.05) is 0 Å². The first-order valence-electron chi connectivity index (χ1n) is 4.18. The molecule has 1 aromatic heterocycles. The number of fused-ring (bicyclic) bond motifs is 1. The molecule has 0 spiro atoms. The van der Waals surface area contributed by atoms with E-state index in [0.717, 1.165) is 27.0 Å². The fourth-order valence-corrected chi connectivity index (χ4v) is 2.62. The molecule has 0 bridgehead atoms. The number of hydrogen-bond acceptors (Lipinski definition) is 4. The van der Waals surface area contributed by atoms with Crippen LogP contribution in [-0.2, 0) is 0 Å². The summed E-state index contributed by atoms with van der Waals surface area (Å²) in [4.78, 5) is 0. The molecular weight excluding hydrogens is 199 g/mol. The van der Waals surface area contributed by atoms with Crippen LogP contribution < -0.4 is 5.46 Å². The summed E-state index contributed by atoms with van der Waals surface area (Å²) in [6.07, 6.45) is 0. The van der Waals surface area contributed by atoms with Gasteiger partial charge in [-0.05, 0) is 23.9 Å². The molecule has 1 heterocycles. The fraction of sp³-hybridized carbons (Fsp3) is 0.111. The smallest absolute Gasteiger partial charge is 0.493 e. The van der Waals surface area contributed by atoms with Crippen molar-refractivity contribution < 1.29 is 15.2 Å². The van der Waals surface area contributed by atoms with E-state index in [1.54, 1.807) is 0 Å². The molecule has 14 heavy (non-hydrogen) atoms. The standard InChI is InChI=1S/C9H9BO3S/c1-5-3-2-4-6-7(5)8(10(12)13)9(11)14-6/h2-4,11-13H,1H3. The molecular formula is C9H9BO3S. The van der Waals surface area contributed by atoms with Gasteiger partial charge in [-0.15, -0.1) is 0 Å². The highest BCUT2D eigenvalue weighted by Gasteiger charge is 2.23. The lowest BCUT2D eigenvalue weighted by Gasteiger charge is -2.00. The summed E-state index contributed by atoms with van der Waals surface area (Å²) in [5, 5.41) is 28.5. The van der Waals surface area contributed by atoms with E-state index in [-0.39, 0.29) is 10.5 Å². The maximum absolute atomic E-state index is 9.53. The normalized spacial score (nSPS) is 10.8. The second kappa shape index (κ2) is 3.27. The van der Waals surface area contributed by atoms with Gasteiger partial charge in [0, 0.05) is 10.2 Å². The van der Waals surface area contributed by atoms with Crippen molar-refractivity contribution in [2.45, 2.75) is 6.92 Å². The Morgan fingerprint density at radius 1 is 1.29 bits per heavy atom. The third kappa shape index (κ3) is 1.30. The molecule has 2 rings (SSSR count). The van der Waals surface area contributed by atoms with Gasteiger partial charge in [0.2, 0.25) is 0 Å². The molecule has 0 aliphatic heterocycles. The van der Waals surface area contributed by atoms with Gasteiger partial charge < -0.3 is 15.2 Å². The molecule has 2 aromatic rings. The topological polar surface area (TPSA) is 60.7 Å². The highest BCUT2D eigenvalue weighted by molar-refractivity contribution is 7.22. The van der Waals surface area contributed by atoms with E-state index >= 15 is 0 Å². The Balaban J connectivity index is 2.86. The zero-order chi connectivity index (χ0) is 10.3. The van der Waals surface area contributed by atoms with Gasteiger partial charge in [0.25, 0.3) is 0 Å². The van der Waals surface area contributed by atoms with Crippen LogP contribution in [0, 0.1) is 6.92 Å². The van der Waals surface area contributed by atoms with Crippen molar-refractivity contribution in [1.29, 1.82) is 0 Å². The Hall–Kier alpha value is -1.04. The number of thiophene rings is 1. The maximum atomic E-state index is 9.53. The first-order valence-corrected chi connectivity index (χ1v) is 5.00. The van der Waals surface area contributed by atoms with E-state index < -0.39 is 7.12 Å². The molecule has 0 aliphatic carbocycles. The number of hydrogen-bond donors (Lipinski definition) is 3. The zero-order valence-electron chi connectivity index (χ0n) is 7.56. The highest BCUT2D eigenvalue weighted by Crippen LogP contribution is 2.30. The molecule has 0 unspecified atom stereocenters. The van der Waals surface area contributed by atoms with Gasteiger partial charge in [0.1, 0.15) is 0 Å². The molecule has 0 amide bonds. The lowest BCUT2D eigenvalue weighted by Crippen LogP contribution is -2.29. The van der Waals surface area contributed by atoms with Crippen LogP contribution in [0.5, 0.6) is 5.06 Å². The van der Waals surface area contributed by atoms with Gasteiger partial charge in [0.05, 0.1) is 0 Å². The van der Waals surface area contributed by atoms with Crippen molar-refractivity contribution in [2.24, 2.45) is 0 Å². The fourth-order valence-electron chi connectivity index (χ4n) is 1.58. The minimum Gasteiger partial charge on any atom is -0.500 e. The second-order valence-electron chi connectivity index (χ2n) is 3.14. The summed E-state index contributed by atoms with van der Waals surface area (Å²) >= 11 is 1.16. The molecule has 0 atom stereocenters. The van der Waals surface area contributed by atoms with Gasteiger partial charge in [-0.1, -0.05) is 23.5 Å². The second-order valence-corrected chi connectivity index (χ2v) is 4.17. The van der Waals surface area contributed by atoms with Gasteiger partial charge >= 0.3 is 7.12 Å². The predicted molar refractivity (Wildman–Crippen MR) is 58.1 cm³/mol. The monoisotopic (exact) mass is 208 g/mol. The van der Waals surface area contributed by atoms with E-state index in [1.165, 1.54) is 0 Å². The minimum atomic E-state index is -1.62. The molecule has 0 fully saturated rings. The van der Waals surface area contributed by atoms with E-state index in [4.69, 9.17) is 10.0 Å². The molecule has 0 radical (unpaired) electrons. The van der Waals surface area contributed by atoms with E-state index in [2.05, 4.69) is 0 Å². The zero-order valence-corrected chi connectivity index (χ0v) is 8.38. The minimum absolute atomic E-state index is 0.0238.